The minimum atomic E-state index is -0.156. The van der Waals surface area contributed by atoms with Crippen LogP contribution in [-0.2, 0) is 14.3 Å². The van der Waals surface area contributed by atoms with E-state index in [1.165, 1.54) is 11.8 Å². The van der Waals surface area contributed by atoms with Gasteiger partial charge >= 0.3 is 0 Å². The van der Waals surface area contributed by atoms with Crippen LogP contribution in [0, 0.1) is 11.3 Å². The van der Waals surface area contributed by atoms with Crippen LogP contribution in [0.15, 0.2) is 24.3 Å². The lowest BCUT2D eigenvalue weighted by molar-refractivity contribution is -0.121. The van der Waals surface area contributed by atoms with Crippen molar-refractivity contribution >= 4 is 17.5 Å². The molecule has 1 fully saturated rings. The third kappa shape index (κ3) is 6.18. The van der Waals surface area contributed by atoms with Crippen molar-refractivity contribution in [3.63, 3.8) is 0 Å². The molecule has 0 aliphatic carbocycles. The van der Waals surface area contributed by atoms with Gasteiger partial charge in [0, 0.05) is 51.8 Å². The number of nitrogens with one attached hydrogen (secondary N) is 1. The fraction of sp³-hybridized carbons (Fsp3) is 0.500. The average Bonchev–Trinajstić information content (AvgIpc) is 2.62. The standard InChI is InChI=1S/C18H24N4O3/c1-15(23)22(17-4-2-3-16(13-17)14-19)7-5-18(24)20-6-8-21-9-11-25-12-10-21/h2-4,13H,5-12H2,1H3,(H,20,24). The molecular weight excluding hydrogens is 320 g/mol. The largest absolute Gasteiger partial charge is 0.379 e. The van der Waals surface area contributed by atoms with Crippen LogP contribution in [0.25, 0.3) is 0 Å². The number of ether oxygens (including phenoxy) is 1. The van der Waals surface area contributed by atoms with E-state index in [-0.39, 0.29) is 24.8 Å². The summed E-state index contributed by atoms with van der Waals surface area (Å²) in [6.45, 7) is 6.39. The second-order valence-electron chi connectivity index (χ2n) is 5.89. The van der Waals surface area contributed by atoms with E-state index >= 15 is 0 Å². The first-order valence-electron chi connectivity index (χ1n) is 8.45. The maximum absolute atomic E-state index is 12.0. The van der Waals surface area contributed by atoms with Crippen LogP contribution in [0.4, 0.5) is 5.69 Å². The van der Waals surface area contributed by atoms with Gasteiger partial charge in [-0.15, -0.1) is 0 Å². The van der Waals surface area contributed by atoms with Crippen molar-refractivity contribution < 1.29 is 14.3 Å². The van der Waals surface area contributed by atoms with Crippen molar-refractivity contribution in [2.45, 2.75) is 13.3 Å². The van der Waals surface area contributed by atoms with Crippen LogP contribution < -0.4 is 10.2 Å². The molecule has 0 bridgehead atoms. The molecule has 0 radical (unpaired) electrons. The molecule has 1 aliphatic heterocycles. The summed E-state index contributed by atoms with van der Waals surface area (Å²) in [4.78, 5) is 27.7. The molecule has 25 heavy (non-hydrogen) atoms. The first kappa shape index (κ1) is 18.9. The van der Waals surface area contributed by atoms with E-state index in [0.717, 1.165) is 32.8 Å². The van der Waals surface area contributed by atoms with Gasteiger partial charge < -0.3 is 15.0 Å². The Morgan fingerprint density at radius 3 is 2.80 bits per heavy atom. The van der Waals surface area contributed by atoms with E-state index in [9.17, 15) is 9.59 Å². The summed E-state index contributed by atoms with van der Waals surface area (Å²) in [6.07, 6.45) is 0.222. The van der Waals surface area contributed by atoms with Crippen LogP contribution in [0.5, 0.6) is 0 Å². The normalized spacial score (nSPS) is 14.6. The summed E-state index contributed by atoms with van der Waals surface area (Å²) in [5, 5.41) is 11.9. The van der Waals surface area contributed by atoms with Gasteiger partial charge in [-0.1, -0.05) is 6.07 Å². The van der Waals surface area contributed by atoms with E-state index in [2.05, 4.69) is 16.3 Å². The topological polar surface area (TPSA) is 85.7 Å². The van der Waals surface area contributed by atoms with Crippen molar-refractivity contribution in [2.75, 3.05) is 50.8 Å². The molecule has 1 heterocycles. The summed E-state index contributed by atoms with van der Waals surface area (Å²) < 4.78 is 5.29. The number of anilines is 1. The van der Waals surface area contributed by atoms with Gasteiger partial charge in [-0.3, -0.25) is 14.5 Å². The number of hydrogen-bond acceptors (Lipinski definition) is 5. The van der Waals surface area contributed by atoms with Gasteiger partial charge in [0.15, 0.2) is 0 Å². The third-order valence-electron chi connectivity index (χ3n) is 4.08. The van der Waals surface area contributed by atoms with E-state index in [1.807, 2.05) is 0 Å². The molecule has 2 amide bonds. The molecule has 1 aromatic rings. The Bertz CT molecular complexity index is 635. The number of amides is 2. The van der Waals surface area contributed by atoms with Crippen molar-refractivity contribution in [3.05, 3.63) is 29.8 Å². The van der Waals surface area contributed by atoms with Gasteiger partial charge in [-0.2, -0.15) is 5.26 Å². The third-order valence-corrected chi connectivity index (χ3v) is 4.08. The van der Waals surface area contributed by atoms with Gasteiger partial charge in [-0.05, 0) is 18.2 Å². The van der Waals surface area contributed by atoms with Crippen LogP contribution in [-0.4, -0.2) is 62.7 Å². The second-order valence-corrected chi connectivity index (χ2v) is 5.89. The van der Waals surface area contributed by atoms with Crippen LogP contribution in [0.1, 0.15) is 18.9 Å². The molecule has 134 valence electrons. The lowest BCUT2D eigenvalue weighted by atomic mass is 10.2. The number of nitrogens with zero attached hydrogens (tertiary/aromatic N) is 3. The Labute approximate surface area is 148 Å². The Kier molecular flexibility index (Phi) is 7.38. The van der Waals surface area contributed by atoms with Crippen LogP contribution >= 0.6 is 0 Å². The zero-order valence-corrected chi connectivity index (χ0v) is 14.5. The van der Waals surface area contributed by atoms with E-state index in [4.69, 9.17) is 10.00 Å². The maximum atomic E-state index is 12.0. The maximum Gasteiger partial charge on any atom is 0.223 e. The number of carbonyl (C=O) groups is 2. The monoisotopic (exact) mass is 344 g/mol. The number of rotatable bonds is 7. The molecule has 7 heteroatoms. The zero-order valence-electron chi connectivity index (χ0n) is 14.5. The summed E-state index contributed by atoms with van der Waals surface area (Å²) in [5.41, 5.74) is 1.12. The number of morpholine rings is 1. The highest BCUT2D eigenvalue weighted by Gasteiger charge is 2.14. The molecule has 0 atom stereocenters. The minimum absolute atomic E-state index is 0.0871. The highest BCUT2D eigenvalue weighted by Crippen LogP contribution is 2.16. The lowest BCUT2D eigenvalue weighted by Gasteiger charge is -2.26. The Morgan fingerprint density at radius 2 is 2.12 bits per heavy atom. The number of carbonyl (C=O) groups excluding carboxylic acids is 2. The highest BCUT2D eigenvalue weighted by atomic mass is 16.5. The molecule has 0 saturated carbocycles. The predicted molar refractivity (Wildman–Crippen MR) is 94.1 cm³/mol. The smallest absolute Gasteiger partial charge is 0.223 e. The van der Waals surface area contributed by atoms with Crippen LogP contribution in [0.3, 0.4) is 0 Å². The fourth-order valence-corrected chi connectivity index (χ4v) is 2.69. The van der Waals surface area contributed by atoms with Gasteiger partial charge in [0.25, 0.3) is 0 Å². The molecule has 1 N–H and O–H groups in total. The quantitative estimate of drug-likeness (QED) is 0.789. The highest BCUT2D eigenvalue weighted by molar-refractivity contribution is 5.92. The predicted octanol–water partition coefficient (Wildman–Crippen LogP) is 0.750. The second kappa shape index (κ2) is 9.77. The molecule has 7 nitrogen and oxygen atoms in total. The summed E-state index contributed by atoms with van der Waals surface area (Å²) >= 11 is 0. The molecule has 0 unspecified atom stereocenters. The molecule has 0 aromatic heterocycles. The van der Waals surface area contributed by atoms with Crippen molar-refractivity contribution in [1.82, 2.24) is 10.2 Å². The number of benzene rings is 1. The number of nitriles is 1. The fourth-order valence-electron chi connectivity index (χ4n) is 2.69. The van der Waals surface area contributed by atoms with Crippen molar-refractivity contribution in [1.29, 1.82) is 5.26 Å². The lowest BCUT2D eigenvalue weighted by Crippen LogP contribution is -2.42. The molecule has 2 rings (SSSR count). The summed E-state index contributed by atoms with van der Waals surface area (Å²) in [5.74, 6) is -0.243. The van der Waals surface area contributed by atoms with Crippen molar-refractivity contribution in [2.24, 2.45) is 0 Å². The molecule has 1 aromatic carbocycles. The summed E-state index contributed by atoms with van der Waals surface area (Å²) in [7, 11) is 0. The molecule has 0 spiro atoms. The van der Waals surface area contributed by atoms with Crippen molar-refractivity contribution in [3.8, 4) is 6.07 Å². The van der Waals surface area contributed by atoms with E-state index in [0.29, 0.717) is 17.8 Å². The first-order valence-corrected chi connectivity index (χ1v) is 8.45. The summed E-state index contributed by atoms with van der Waals surface area (Å²) in [6, 6.07) is 8.88. The van der Waals surface area contributed by atoms with Crippen LogP contribution in [0.2, 0.25) is 0 Å². The number of hydrogen-bond donors (Lipinski definition) is 1. The Balaban J connectivity index is 1.79. The van der Waals surface area contributed by atoms with Gasteiger partial charge in [0.2, 0.25) is 11.8 Å². The van der Waals surface area contributed by atoms with Gasteiger partial charge in [0.05, 0.1) is 24.8 Å². The molecular formula is C18H24N4O3. The Hall–Kier alpha value is -2.43. The van der Waals surface area contributed by atoms with Gasteiger partial charge in [-0.25, -0.2) is 0 Å². The van der Waals surface area contributed by atoms with E-state index < -0.39 is 0 Å². The average molecular weight is 344 g/mol. The minimum Gasteiger partial charge on any atom is -0.379 e. The SMILES string of the molecule is CC(=O)N(CCC(=O)NCCN1CCOCC1)c1cccc(C#N)c1. The first-order chi connectivity index (χ1) is 12.1. The molecule has 1 saturated heterocycles. The van der Waals surface area contributed by atoms with E-state index in [1.54, 1.807) is 24.3 Å². The molecule has 1 aliphatic rings. The van der Waals surface area contributed by atoms with Gasteiger partial charge in [0.1, 0.15) is 0 Å². The Morgan fingerprint density at radius 1 is 1.36 bits per heavy atom. The zero-order chi connectivity index (χ0) is 18.1.